The Kier molecular flexibility index (Phi) is 5.26. The van der Waals surface area contributed by atoms with E-state index in [1.54, 1.807) is 6.92 Å². The summed E-state index contributed by atoms with van der Waals surface area (Å²) in [6, 6.07) is 1.41. The predicted octanol–water partition coefficient (Wildman–Crippen LogP) is 4.20. The molecule has 3 aromatic rings. The number of carbonyl (C=O) groups is 2. The molecule has 15 heteroatoms. The van der Waals surface area contributed by atoms with Crippen molar-refractivity contribution in [2.45, 2.75) is 31.9 Å². The standard InChI is InChI=1S/C21H18F5N7O3/c1-10-5-14-27-8-13-15(33(14)30-10)20(2,21(24,25)26)9-32(13)18(34)29-11-6-12(16(22)23)17(28-7-11)31-3-4-36-19(31)35/h5-8,16H,3-4,9H2,1-2H3,(H,29,34)/t20-/m1/s1. The van der Waals surface area contributed by atoms with Crippen LogP contribution < -0.4 is 15.1 Å². The van der Waals surface area contributed by atoms with Crippen molar-refractivity contribution in [1.82, 2.24) is 19.6 Å². The van der Waals surface area contributed by atoms with E-state index in [-0.39, 0.29) is 41.7 Å². The van der Waals surface area contributed by atoms with Gasteiger partial charge in [0.05, 0.1) is 47.3 Å². The molecular formula is C21H18F5N7O3. The van der Waals surface area contributed by atoms with E-state index in [4.69, 9.17) is 4.74 Å². The Morgan fingerprint density at radius 3 is 2.61 bits per heavy atom. The third-order valence-electron chi connectivity index (χ3n) is 6.14. The van der Waals surface area contributed by atoms with Crippen LogP contribution in [0, 0.1) is 6.92 Å². The number of fused-ring (bicyclic) bond motifs is 3. The minimum atomic E-state index is -4.75. The number of alkyl halides is 5. The summed E-state index contributed by atoms with van der Waals surface area (Å²) in [6.45, 7) is 1.79. The van der Waals surface area contributed by atoms with Gasteiger partial charge in [0.25, 0.3) is 6.43 Å². The van der Waals surface area contributed by atoms with Crippen LogP contribution in [0.2, 0.25) is 0 Å². The molecule has 3 amide bonds. The Morgan fingerprint density at radius 2 is 1.97 bits per heavy atom. The molecule has 0 aromatic carbocycles. The molecule has 36 heavy (non-hydrogen) atoms. The van der Waals surface area contributed by atoms with Crippen molar-refractivity contribution < 1.29 is 36.3 Å². The molecule has 0 saturated carbocycles. The number of anilines is 3. The number of ether oxygens (including phenoxy) is 1. The zero-order valence-corrected chi connectivity index (χ0v) is 18.8. The third-order valence-corrected chi connectivity index (χ3v) is 6.14. The number of cyclic esters (lactones) is 1. The van der Waals surface area contributed by atoms with Crippen LogP contribution in [0.4, 0.5) is 48.7 Å². The van der Waals surface area contributed by atoms with E-state index >= 15 is 0 Å². The highest BCUT2D eigenvalue weighted by Gasteiger charge is 2.60. The molecule has 1 atom stereocenters. The molecule has 0 radical (unpaired) electrons. The van der Waals surface area contributed by atoms with Gasteiger partial charge in [-0.1, -0.05) is 0 Å². The van der Waals surface area contributed by atoms with Crippen molar-refractivity contribution in [1.29, 1.82) is 0 Å². The number of rotatable bonds is 3. The average Bonchev–Trinajstić information content (AvgIpc) is 3.48. The summed E-state index contributed by atoms with van der Waals surface area (Å²) in [6.07, 6.45) is -6.47. The molecule has 0 bridgehead atoms. The first kappa shape index (κ1) is 23.7. The number of hydrogen-bond acceptors (Lipinski definition) is 6. The minimum Gasteiger partial charge on any atom is -0.447 e. The topological polar surface area (TPSA) is 105 Å². The number of aromatic nitrogens is 4. The Morgan fingerprint density at radius 1 is 1.22 bits per heavy atom. The van der Waals surface area contributed by atoms with E-state index in [0.29, 0.717) is 5.69 Å². The highest BCUT2D eigenvalue weighted by atomic mass is 19.4. The predicted molar refractivity (Wildman–Crippen MR) is 115 cm³/mol. The van der Waals surface area contributed by atoms with Crippen LogP contribution in [0.25, 0.3) is 5.65 Å². The van der Waals surface area contributed by atoms with Gasteiger partial charge >= 0.3 is 18.3 Å². The number of nitrogens with one attached hydrogen (secondary N) is 1. The summed E-state index contributed by atoms with van der Waals surface area (Å²) < 4.78 is 76.0. The second kappa shape index (κ2) is 7.99. The molecule has 0 spiro atoms. The van der Waals surface area contributed by atoms with Crippen molar-refractivity contribution in [2.24, 2.45) is 0 Å². The van der Waals surface area contributed by atoms with Crippen LogP contribution in [0.5, 0.6) is 0 Å². The maximum Gasteiger partial charge on any atom is 0.415 e. The Balaban J connectivity index is 1.51. The average molecular weight is 511 g/mol. The van der Waals surface area contributed by atoms with Gasteiger partial charge in [0.2, 0.25) is 0 Å². The molecule has 1 fully saturated rings. The van der Waals surface area contributed by atoms with Crippen molar-refractivity contribution in [3.05, 3.63) is 41.5 Å². The Bertz CT molecular complexity index is 1390. The first-order chi connectivity index (χ1) is 16.9. The zero-order chi connectivity index (χ0) is 26.0. The minimum absolute atomic E-state index is 0.00506. The van der Waals surface area contributed by atoms with E-state index in [9.17, 15) is 31.5 Å². The molecular weight excluding hydrogens is 493 g/mol. The fraction of sp³-hybridized carbons (Fsp3) is 0.381. The summed E-state index contributed by atoms with van der Waals surface area (Å²) in [5.74, 6) is -0.331. The zero-order valence-electron chi connectivity index (χ0n) is 18.8. The number of nitrogens with zero attached hydrogens (tertiary/aromatic N) is 6. The van der Waals surface area contributed by atoms with Gasteiger partial charge in [-0.15, -0.1) is 0 Å². The van der Waals surface area contributed by atoms with Crippen molar-refractivity contribution in [3.8, 4) is 0 Å². The number of pyridine rings is 1. The van der Waals surface area contributed by atoms with Crippen molar-refractivity contribution in [3.63, 3.8) is 0 Å². The largest absolute Gasteiger partial charge is 0.447 e. The van der Waals surface area contributed by atoms with Crippen LogP contribution in [0.1, 0.15) is 30.3 Å². The molecule has 10 nitrogen and oxygen atoms in total. The maximum absolute atomic E-state index is 14.2. The number of urea groups is 1. The number of aryl methyl sites for hydroxylation is 1. The highest BCUT2D eigenvalue weighted by molar-refractivity contribution is 6.03. The second-order valence-electron chi connectivity index (χ2n) is 8.60. The van der Waals surface area contributed by atoms with E-state index in [1.165, 1.54) is 6.07 Å². The van der Waals surface area contributed by atoms with E-state index in [0.717, 1.165) is 39.7 Å². The van der Waals surface area contributed by atoms with Crippen LogP contribution in [-0.4, -0.2) is 57.6 Å². The lowest BCUT2D eigenvalue weighted by atomic mass is 9.88. The summed E-state index contributed by atoms with van der Waals surface area (Å²) in [5, 5.41) is 6.44. The number of hydrogen-bond donors (Lipinski definition) is 1. The first-order valence-corrected chi connectivity index (χ1v) is 10.6. The molecule has 5 heterocycles. The summed E-state index contributed by atoms with van der Waals surface area (Å²) >= 11 is 0. The van der Waals surface area contributed by atoms with Crippen LogP contribution >= 0.6 is 0 Å². The maximum atomic E-state index is 14.2. The van der Waals surface area contributed by atoms with Crippen LogP contribution in [-0.2, 0) is 10.2 Å². The van der Waals surface area contributed by atoms with Gasteiger partial charge < -0.3 is 10.1 Å². The summed E-state index contributed by atoms with van der Waals surface area (Å²) in [4.78, 5) is 34.6. The Labute approximate surface area is 199 Å². The number of carbonyl (C=O) groups excluding carboxylic acids is 2. The van der Waals surface area contributed by atoms with E-state index < -0.39 is 42.2 Å². The van der Waals surface area contributed by atoms with E-state index in [1.807, 2.05) is 0 Å². The van der Waals surface area contributed by atoms with Gasteiger partial charge in [-0.25, -0.2) is 32.9 Å². The Hall–Kier alpha value is -4.04. The number of halogens is 5. The van der Waals surface area contributed by atoms with E-state index in [2.05, 4.69) is 20.4 Å². The normalized spacial score (nSPS) is 19.8. The quantitative estimate of drug-likeness (QED) is 0.529. The molecule has 0 aliphatic carbocycles. The molecule has 1 N–H and O–H groups in total. The SMILES string of the molecule is Cc1cc2ncc3c(n2n1)[C@](C)(C(F)(F)F)CN3C(=O)Nc1cnc(N2CCOC2=O)c(C(F)F)c1. The van der Waals surface area contributed by atoms with Gasteiger partial charge in [-0.2, -0.15) is 18.3 Å². The fourth-order valence-electron chi connectivity index (χ4n) is 4.34. The van der Waals surface area contributed by atoms with Crippen molar-refractivity contribution in [2.75, 3.05) is 34.8 Å². The molecule has 5 rings (SSSR count). The lowest BCUT2D eigenvalue weighted by molar-refractivity contribution is -0.181. The smallest absolute Gasteiger partial charge is 0.415 e. The van der Waals surface area contributed by atoms with Gasteiger partial charge in [-0.3, -0.25) is 9.80 Å². The van der Waals surface area contributed by atoms with Crippen LogP contribution in [0.3, 0.4) is 0 Å². The molecule has 2 aliphatic rings. The second-order valence-corrected chi connectivity index (χ2v) is 8.60. The van der Waals surface area contributed by atoms with Gasteiger partial charge in [0.15, 0.2) is 5.65 Å². The molecule has 1 saturated heterocycles. The highest BCUT2D eigenvalue weighted by Crippen LogP contribution is 2.50. The van der Waals surface area contributed by atoms with Crippen LogP contribution in [0.15, 0.2) is 24.5 Å². The van der Waals surface area contributed by atoms with Crippen molar-refractivity contribution >= 4 is 35.0 Å². The monoisotopic (exact) mass is 511 g/mol. The summed E-state index contributed by atoms with van der Waals surface area (Å²) in [7, 11) is 0. The molecule has 190 valence electrons. The third kappa shape index (κ3) is 3.56. The molecule has 3 aromatic heterocycles. The lowest BCUT2D eigenvalue weighted by Crippen LogP contribution is -2.46. The summed E-state index contributed by atoms with van der Waals surface area (Å²) in [5.41, 5.74) is -3.09. The number of amides is 3. The van der Waals surface area contributed by atoms with Gasteiger partial charge in [-0.05, 0) is 19.9 Å². The van der Waals surface area contributed by atoms with Gasteiger partial charge in [0, 0.05) is 12.6 Å². The first-order valence-electron chi connectivity index (χ1n) is 10.6. The fourth-order valence-corrected chi connectivity index (χ4v) is 4.34. The lowest BCUT2D eigenvalue weighted by Gasteiger charge is -2.28. The molecule has 0 unspecified atom stereocenters. The van der Waals surface area contributed by atoms with Gasteiger partial charge in [0.1, 0.15) is 17.8 Å². The molecule has 2 aliphatic heterocycles.